The zero-order chi connectivity index (χ0) is 15.6. The maximum absolute atomic E-state index is 3.52. The van der Waals surface area contributed by atoms with Crippen LogP contribution in [0.4, 0.5) is 11.4 Å². The third kappa shape index (κ3) is 5.25. The van der Waals surface area contributed by atoms with Gasteiger partial charge in [-0.15, -0.1) is 0 Å². The molecule has 2 N–H and O–H groups in total. The van der Waals surface area contributed by atoms with Gasteiger partial charge < -0.3 is 10.6 Å². The summed E-state index contributed by atoms with van der Waals surface area (Å²) in [7, 11) is 0. The van der Waals surface area contributed by atoms with Crippen LogP contribution in [0.3, 0.4) is 0 Å². The molecule has 0 amide bonds. The van der Waals surface area contributed by atoms with Crippen LogP contribution in [-0.2, 0) is 0 Å². The summed E-state index contributed by atoms with van der Waals surface area (Å²) in [5, 5.41) is 9.65. The van der Waals surface area contributed by atoms with Crippen molar-refractivity contribution in [2.75, 3.05) is 23.7 Å². The lowest BCUT2D eigenvalue weighted by Crippen LogP contribution is -2.02. The molecular weight excluding hydrogens is 268 g/mol. The number of anilines is 2. The van der Waals surface area contributed by atoms with Crippen molar-refractivity contribution >= 4 is 22.1 Å². The smallest absolute Gasteiger partial charge is 0.0346 e. The Bertz CT molecular complexity index is 511. The zero-order valence-corrected chi connectivity index (χ0v) is 14.1. The average molecular weight is 298 g/mol. The van der Waals surface area contributed by atoms with E-state index in [4.69, 9.17) is 0 Å². The Morgan fingerprint density at radius 2 is 1.09 bits per heavy atom. The van der Waals surface area contributed by atoms with Crippen LogP contribution < -0.4 is 10.6 Å². The van der Waals surface area contributed by atoms with Crippen molar-refractivity contribution in [1.29, 1.82) is 0 Å². The maximum Gasteiger partial charge on any atom is 0.0346 e. The Kier molecular flexibility index (Phi) is 7.08. The second kappa shape index (κ2) is 9.34. The van der Waals surface area contributed by atoms with E-state index in [9.17, 15) is 0 Å². The highest BCUT2D eigenvalue weighted by atomic mass is 14.9. The molecule has 2 aromatic carbocycles. The Morgan fingerprint density at radius 3 is 1.50 bits per heavy atom. The summed E-state index contributed by atoms with van der Waals surface area (Å²) in [6.07, 6.45) is 7.63. The van der Waals surface area contributed by atoms with E-state index in [2.05, 4.69) is 60.9 Å². The first-order chi connectivity index (χ1) is 10.8. The van der Waals surface area contributed by atoms with E-state index in [1.54, 1.807) is 0 Å². The fourth-order valence-electron chi connectivity index (χ4n) is 2.68. The lowest BCUT2D eigenvalue weighted by Gasteiger charge is -2.10. The quantitative estimate of drug-likeness (QED) is 0.522. The van der Waals surface area contributed by atoms with Crippen molar-refractivity contribution in [3.8, 4) is 0 Å². The minimum atomic E-state index is 1.07. The molecule has 0 atom stereocenters. The van der Waals surface area contributed by atoms with Crippen molar-refractivity contribution in [2.45, 2.75) is 52.4 Å². The highest BCUT2D eigenvalue weighted by Gasteiger charge is 1.99. The van der Waals surface area contributed by atoms with Gasteiger partial charge in [-0.2, -0.15) is 0 Å². The van der Waals surface area contributed by atoms with E-state index in [1.807, 2.05) is 0 Å². The Morgan fingerprint density at radius 1 is 0.636 bits per heavy atom. The van der Waals surface area contributed by atoms with E-state index >= 15 is 0 Å². The van der Waals surface area contributed by atoms with Crippen LogP contribution in [-0.4, -0.2) is 13.1 Å². The van der Waals surface area contributed by atoms with Crippen molar-refractivity contribution in [2.24, 2.45) is 0 Å². The first kappa shape index (κ1) is 16.7. The molecule has 0 unspecified atom stereocenters. The van der Waals surface area contributed by atoms with Gasteiger partial charge in [0, 0.05) is 24.5 Å². The van der Waals surface area contributed by atoms with Crippen LogP contribution in [0, 0.1) is 0 Å². The standard InChI is InChI=1S/C20H30N2/c1-3-5-7-13-21-19-11-9-18-16-20(12-10-17(18)15-19)22-14-8-6-4-2/h9-12,15-16,21-22H,3-8,13-14H2,1-2H3. The first-order valence-corrected chi connectivity index (χ1v) is 8.85. The van der Waals surface area contributed by atoms with E-state index in [0.29, 0.717) is 0 Å². The van der Waals surface area contributed by atoms with E-state index in [-0.39, 0.29) is 0 Å². The summed E-state index contributed by atoms with van der Waals surface area (Å²) in [6.45, 7) is 6.61. The molecule has 0 bridgehead atoms. The number of hydrogen-bond acceptors (Lipinski definition) is 2. The molecule has 22 heavy (non-hydrogen) atoms. The third-order valence-electron chi connectivity index (χ3n) is 4.06. The van der Waals surface area contributed by atoms with Crippen LogP contribution in [0.1, 0.15) is 52.4 Å². The lowest BCUT2D eigenvalue weighted by atomic mass is 10.1. The molecule has 0 aliphatic rings. The SMILES string of the molecule is CCCCCNc1ccc2cc(NCCCCC)ccc2c1. The van der Waals surface area contributed by atoms with Gasteiger partial charge in [0.2, 0.25) is 0 Å². The van der Waals surface area contributed by atoms with Gasteiger partial charge in [0.05, 0.1) is 0 Å². The molecule has 0 heterocycles. The molecule has 0 aliphatic heterocycles. The van der Waals surface area contributed by atoms with Gasteiger partial charge in [-0.05, 0) is 47.9 Å². The fourth-order valence-corrected chi connectivity index (χ4v) is 2.68. The molecule has 2 aromatic rings. The van der Waals surface area contributed by atoms with Crippen LogP contribution >= 0.6 is 0 Å². The number of rotatable bonds is 10. The molecule has 2 nitrogen and oxygen atoms in total. The largest absolute Gasteiger partial charge is 0.385 e. The second-order valence-corrected chi connectivity index (χ2v) is 6.04. The topological polar surface area (TPSA) is 24.1 Å². The van der Waals surface area contributed by atoms with Crippen LogP contribution in [0.15, 0.2) is 36.4 Å². The number of unbranched alkanes of at least 4 members (excludes halogenated alkanes) is 4. The number of hydrogen-bond donors (Lipinski definition) is 2. The predicted octanol–water partition coefficient (Wildman–Crippen LogP) is 6.04. The Hall–Kier alpha value is -1.70. The van der Waals surface area contributed by atoms with Gasteiger partial charge in [0.15, 0.2) is 0 Å². The Balaban J connectivity index is 1.93. The molecule has 2 heteroatoms. The van der Waals surface area contributed by atoms with Gasteiger partial charge in [0.25, 0.3) is 0 Å². The average Bonchev–Trinajstić information content (AvgIpc) is 2.55. The zero-order valence-electron chi connectivity index (χ0n) is 14.1. The summed E-state index contributed by atoms with van der Waals surface area (Å²) >= 11 is 0. The monoisotopic (exact) mass is 298 g/mol. The van der Waals surface area contributed by atoms with Gasteiger partial charge in [0.1, 0.15) is 0 Å². The predicted molar refractivity (Wildman–Crippen MR) is 100.0 cm³/mol. The van der Waals surface area contributed by atoms with Gasteiger partial charge >= 0.3 is 0 Å². The number of nitrogens with one attached hydrogen (secondary N) is 2. The summed E-state index contributed by atoms with van der Waals surface area (Å²) in [6, 6.07) is 13.3. The van der Waals surface area contributed by atoms with Gasteiger partial charge in [-0.25, -0.2) is 0 Å². The maximum atomic E-state index is 3.52. The molecule has 0 radical (unpaired) electrons. The highest BCUT2D eigenvalue weighted by molar-refractivity contribution is 5.88. The normalized spacial score (nSPS) is 10.8. The highest BCUT2D eigenvalue weighted by Crippen LogP contribution is 2.23. The van der Waals surface area contributed by atoms with Gasteiger partial charge in [-0.3, -0.25) is 0 Å². The first-order valence-electron chi connectivity index (χ1n) is 8.85. The van der Waals surface area contributed by atoms with E-state index in [1.165, 1.54) is 60.7 Å². The summed E-state index contributed by atoms with van der Waals surface area (Å²) < 4.78 is 0. The molecule has 0 fully saturated rings. The van der Waals surface area contributed by atoms with Gasteiger partial charge in [-0.1, -0.05) is 51.7 Å². The number of fused-ring (bicyclic) bond motifs is 1. The fraction of sp³-hybridized carbons (Fsp3) is 0.500. The second-order valence-electron chi connectivity index (χ2n) is 6.04. The molecule has 0 spiro atoms. The van der Waals surface area contributed by atoms with E-state index < -0.39 is 0 Å². The van der Waals surface area contributed by atoms with Crippen LogP contribution in [0.2, 0.25) is 0 Å². The van der Waals surface area contributed by atoms with Crippen molar-refractivity contribution in [3.63, 3.8) is 0 Å². The van der Waals surface area contributed by atoms with Crippen LogP contribution in [0.5, 0.6) is 0 Å². The summed E-state index contributed by atoms with van der Waals surface area (Å²) in [5.74, 6) is 0. The summed E-state index contributed by atoms with van der Waals surface area (Å²) in [4.78, 5) is 0. The van der Waals surface area contributed by atoms with E-state index in [0.717, 1.165) is 13.1 Å². The lowest BCUT2D eigenvalue weighted by molar-refractivity contribution is 0.744. The van der Waals surface area contributed by atoms with Crippen molar-refractivity contribution in [3.05, 3.63) is 36.4 Å². The third-order valence-corrected chi connectivity index (χ3v) is 4.06. The molecule has 120 valence electrons. The van der Waals surface area contributed by atoms with Crippen molar-refractivity contribution in [1.82, 2.24) is 0 Å². The molecule has 0 saturated heterocycles. The van der Waals surface area contributed by atoms with Crippen LogP contribution in [0.25, 0.3) is 10.8 Å². The minimum Gasteiger partial charge on any atom is -0.385 e. The Labute approximate surface area is 135 Å². The molecule has 2 rings (SSSR count). The summed E-state index contributed by atoms with van der Waals surface area (Å²) in [5.41, 5.74) is 2.46. The molecule has 0 saturated carbocycles. The minimum absolute atomic E-state index is 1.07. The molecule has 0 aromatic heterocycles. The van der Waals surface area contributed by atoms with Crippen molar-refractivity contribution < 1.29 is 0 Å². The molecule has 0 aliphatic carbocycles. The number of benzene rings is 2. The molecular formula is C20H30N2.